The quantitative estimate of drug-likeness (QED) is 0.700. The Balaban J connectivity index is 2.36. The van der Waals surface area contributed by atoms with E-state index in [0.29, 0.717) is 13.0 Å². The predicted molar refractivity (Wildman–Crippen MR) is 68.6 cm³/mol. The molecule has 1 amide bonds. The Morgan fingerprint density at radius 3 is 3.00 bits per heavy atom. The maximum absolute atomic E-state index is 11.5. The van der Waals surface area contributed by atoms with Crippen LogP contribution in [0.2, 0.25) is 0 Å². The number of pyridine rings is 1. The van der Waals surface area contributed by atoms with Gasteiger partial charge in [0.15, 0.2) is 0 Å². The number of amides is 1. The van der Waals surface area contributed by atoms with Crippen LogP contribution in [-0.4, -0.2) is 24.5 Å². The SMILES string of the molecule is CCc1cccnc1CNC(=O)CCCNC. The van der Waals surface area contributed by atoms with Crippen molar-refractivity contribution in [1.82, 2.24) is 15.6 Å². The summed E-state index contributed by atoms with van der Waals surface area (Å²) in [5.74, 6) is 0.0907. The van der Waals surface area contributed by atoms with Crippen LogP contribution >= 0.6 is 0 Å². The summed E-state index contributed by atoms with van der Waals surface area (Å²) in [5, 5.41) is 5.93. The van der Waals surface area contributed by atoms with Crippen molar-refractivity contribution in [2.75, 3.05) is 13.6 Å². The minimum atomic E-state index is 0.0907. The average molecular weight is 235 g/mol. The van der Waals surface area contributed by atoms with Crippen LogP contribution in [-0.2, 0) is 17.8 Å². The standard InChI is InChI=1S/C13H21N3O/c1-3-11-6-4-9-15-12(11)10-16-13(17)7-5-8-14-2/h4,6,9,14H,3,5,7-8,10H2,1-2H3,(H,16,17). The van der Waals surface area contributed by atoms with Crippen molar-refractivity contribution in [2.24, 2.45) is 0 Å². The lowest BCUT2D eigenvalue weighted by molar-refractivity contribution is -0.121. The zero-order chi connectivity index (χ0) is 12.5. The van der Waals surface area contributed by atoms with Crippen LogP contribution in [0.25, 0.3) is 0 Å². The lowest BCUT2D eigenvalue weighted by Gasteiger charge is -2.08. The van der Waals surface area contributed by atoms with Crippen LogP contribution in [0.5, 0.6) is 0 Å². The normalized spacial score (nSPS) is 10.2. The van der Waals surface area contributed by atoms with E-state index in [1.165, 1.54) is 5.56 Å². The summed E-state index contributed by atoms with van der Waals surface area (Å²) >= 11 is 0. The fourth-order valence-corrected chi connectivity index (χ4v) is 1.65. The molecule has 0 fully saturated rings. The van der Waals surface area contributed by atoms with Gasteiger partial charge in [-0.05, 0) is 38.1 Å². The van der Waals surface area contributed by atoms with Gasteiger partial charge in [-0.3, -0.25) is 9.78 Å². The van der Waals surface area contributed by atoms with Crippen LogP contribution in [0.3, 0.4) is 0 Å². The van der Waals surface area contributed by atoms with E-state index in [9.17, 15) is 4.79 Å². The molecule has 0 spiro atoms. The molecule has 4 nitrogen and oxygen atoms in total. The third kappa shape index (κ3) is 4.95. The van der Waals surface area contributed by atoms with E-state index >= 15 is 0 Å². The molecular weight excluding hydrogens is 214 g/mol. The first-order valence-electron chi connectivity index (χ1n) is 6.12. The molecule has 94 valence electrons. The van der Waals surface area contributed by atoms with Crippen molar-refractivity contribution in [3.63, 3.8) is 0 Å². The summed E-state index contributed by atoms with van der Waals surface area (Å²) in [6.45, 7) is 3.49. The van der Waals surface area contributed by atoms with Crippen molar-refractivity contribution < 1.29 is 4.79 Å². The number of aromatic nitrogens is 1. The number of carbonyl (C=O) groups is 1. The molecule has 1 rings (SSSR count). The van der Waals surface area contributed by atoms with E-state index in [4.69, 9.17) is 0 Å². The van der Waals surface area contributed by atoms with E-state index in [1.807, 2.05) is 13.1 Å². The van der Waals surface area contributed by atoms with Crippen LogP contribution < -0.4 is 10.6 Å². The summed E-state index contributed by atoms with van der Waals surface area (Å²) in [5.41, 5.74) is 2.17. The predicted octanol–water partition coefficient (Wildman–Crippen LogP) is 1.26. The van der Waals surface area contributed by atoms with E-state index in [1.54, 1.807) is 6.20 Å². The Morgan fingerprint density at radius 2 is 2.29 bits per heavy atom. The lowest BCUT2D eigenvalue weighted by Crippen LogP contribution is -2.24. The first kappa shape index (κ1) is 13.6. The zero-order valence-corrected chi connectivity index (χ0v) is 10.6. The molecule has 0 aliphatic carbocycles. The second-order valence-corrected chi connectivity index (χ2v) is 3.95. The lowest BCUT2D eigenvalue weighted by atomic mass is 10.1. The molecular formula is C13H21N3O. The second-order valence-electron chi connectivity index (χ2n) is 3.95. The van der Waals surface area contributed by atoms with Crippen LogP contribution in [0.1, 0.15) is 31.0 Å². The van der Waals surface area contributed by atoms with Crippen molar-refractivity contribution in [3.05, 3.63) is 29.6 Å². The number of aryl methyl sites for hydroxylation is 1. The fourth-order valence-electron chi connectivity index (χ4n) is 1.65. The molecule has 1 aromatic heterocycles. The number of carbonyl (C=O) groups excluding carboxylic acids is 1. The van der Waals surface area contributed by atoms with Crippen LogP contribution in [0.4, 0.5) is 0 Å². The van der Waals surface area contributed by atoms with Crippen molar-refractivity contribution >= 4 is 5.91 Å². The highest BCUT2D eigenvalue weighted by Gasteiger charge is 2.04. The van der Waals surface area contributed by atoms with Crippen LogP contribution in [0.15, 0.2) is 18.3 Å². The highest BCUT2D eigenvalue weighted by molar-refractivity contribution is 5.75. The van der Waals surface area contributed by atoms with Gasteiger partial charge in [0, 0.05) is 12.6 Å². The van der Waals surface area contributed by atoms with E-state index < -0.39 is 0 Å². The Kier molecular flexibility index (Phi) is 6.25. The van der Waals surface area contributed by atoms with Gasteiger partial charge in [-0.1, -0.05) is 13.0 Å². The van der Waals surface area contributed by atoms with Crippen LogP contribution in [0, 0.1) is 0 Å². The minimum Gasteiger partial charge on any atom is -0.350 e. The summed E-state index contributed by atoms with van der Waals surface area (Å²) in [6, 6.07) is 3.98. The summed E-state index contributed by atoms with van der Waals surface area (Å²) in [7, 11) is 1.89. The summed E-state index contributed by atoms with van der Waals surface area (Å²) < 4.78 is 0. The van der Waals surface area contributed by atoms with Gasteiger partial charge in [0.1, 0.15) is 0 Å². The van der Waals surface area contributed by atoms with E-state index in [0.717, 1.165) is 25.1 Å². The van der Waals surface area contributed by atoms with Gasteiger partial charge in [0.05, 0.1) is 12.2 Å². The van der Waals surface area contributed by atoms with Gasteiger partial charge < -0.3 is 10.6 Å². The summed E-state index contributed by atoms with van der Waals surface area (Å²) in [4.78, 5) is 15.8. The van der Waals surface area contributed by atoms with Gasteiger partial charge in [-0.2, -0.15) is 0 Å². The molecule has 1 heterocycles. The largest absolute Gasteiger partial charge is 0.350 e. The van der Waals surface area contributed by atoms with Gasteiger partial charge in [0.2, 0.25) is 5.91 Å². The highest BCUT2D eigenvalue weighted by atomic mass is 16.1. The molecule has 0 aromatic carbocycles. The molecule has 0 unspecified atom stereocenters. The van der Waals surface area contributed by atoms with E-state index in [-0.39, 0.29) is 5.91 Å². The zero-order valence-electron chi connectivity index (χ0n) is 10.6. The number of hydrogen-bond donors (Lipinski definition) is 2. The average Bonchev–Trinajstić information content (AvgIpc) is 2.37. The third-order valence-corrected chi connectivity index (χ3v) is 2.65. The molecule has 0 saturated heterocycles. The molecule has 4 heteroatoms. The van der Waals surface area contributed by atoms with E-state index in [2.05, 4.69) is 28.6 Å². The Hall–Kier alpha value is -1.42. The number of rotatable bonds is 7. The molecule has 0 atom stereocenters. The minimum absolute atomic E-state index is 0.0907. The topological polar surface area (TPSA) is 54.0 Å². The molecule has 2 N–H and O–H groups in total. The van der Waals surface area contributed by atoms with Gasteiger partial charge in [-0.15, -0.1) is 0 Å². The van der Waals surface area contributed by atoms with Crippen molar-refractivity contribution in [1.29, 1.82) is 0 Å². The van der Waals surface area contributed by atoms with Gasteiger partial charge in [-0.25, -0.2) is 0 Å². The molecule has 0 bridgehead atoms. The van der Waals surface area contributed by atoms with Crippen molar-refractivity contribution in [3.8, 4) is 0 Å². The maximum atomic E-state index is 11.5. The number of hydrogen-bond acceptors (Lipinski definition) is 3. The molecule has 0 aliphatic rings. The third-order valence-electron chi connectivity index (χ3n) is 2.65. The Morgan fingerprint density at radius 1 is 1.47 bits per heavy atom. The van der Waals surface area contributed by atoms with Crippen molar-refractivity contribution in [2.45, 2.75) is 32.7 Å². The first-order chi connectivity index (χ1) is 8.27. The van der Waals surface area contributed by atoms with Gasteiger partial charge in [0.25, 0.3) is 0 Å². The molecule has 17 heavy (non-hydrogen) atoms. The molecule has 0 radical (unpaired) electrons. The number of nitrogens with one attached hydrogen (secondary N) is 2. The molecule has 1 aromatic rings. The maximum Gasteiger partial charge on any atom is 0.220 e. The fraction of sp³-hybridized carbons (Fsp3) is 0.538. The number of nitrogens with zero attached hydrogens (tertiary/aromatic N) is 1. The Bertz CT molecular complexity index is 352. The smallest absolute Gasteiger partial charge is 0.220 e. The molecule has 0 saturated carbocycles. The van der Waals surface area contributed by atoms with Gasteiger partial charge >= 0.3 is 0 Å². The monoisotopic (exact) mass is 235 g/mol. The second kappa shape index (κ2) is 7.79. The highest BCUT2D eigenvalue weighted by Crippen LogP contribution is 2.05. The first-order valence-corrected chi connectivity index (χ1v) is 6.12. The molecule has 0 aliphatic heterocycles. The Labute approximate surface area is 103 Å². The summed E-state index contributed by atoms with van der Waals surface area (Å²) in [6.07, 6.45) is 4.14.